The fourth-order valence-electron chi connectivity index (χ4n) is 2.23. The largest absolute Gasteiger partial charge is 0.493 e. The number of nitrogens with one attached hydrogen (secondary N) is 1. The molecule has 6 heteroatoms. The van der Waals surface area contributed by atoms with E-state index in [1.54, 1.807) is 4.68 Å². The number of ether oxygens (including phenoxy) is 1. The van der Waals surface area contributed by atoms with Crippen LogP contribution in [0.15, 0.2) is 54.6 Å². The molecule has 24 heavy (non-hydrogen) atoms. The van der Waals surface area contributed by atoms with Gasteiger partial charge in [0.2, 0.25) is 5.95 Å². The van der Waals surface area contributed by atoms with Gasteiger partial charge in [-0.05, 0) is 46.2 Å². The lowest BCUT2D eigenvalue weighted by molar-refractivity contribution is 0.271. The molecule has 0 fully saturated rings. The molecule has 0 aliphatic rings. The van der Waals surface area contributed by atoms with Crippen LogP contribution in [0.2, 0.25) is 0 Å². The number of rotatable bonds is 7. The zero-order valence-corrected chi connectivity index (χ0v) is 13.9. The van der Waals surface area contributed by atoms with Crippen molar-refractivity contribution in [3.8, 4) is 11.4 Å². The van der Waals surface area contributed by atoms with E-state index < -0.39 is 0 Å². The second kappa shape index (κ2) is 7.59. The van der Waals surface area contributed by atoms with Gasteiger partial charge in [0, 0.05) is 6.54 Å². The first kappa shape index (κ1) is 16.0. The van der Waals surface area contributed by atoms with Crippen molar-refractivity contribution in [1.29, 1.82) is 0 Å². The highest BCUT2D eigenvalue weighted by Gasteiger charge is 2.07. The Hall–Kier alpha value is -2.89. The molecule has 0 bridgehead atoms. The monoisotopic (exact) mass is 323 g/mol. The molecule has 0 unspecified atom stereocenters. The molecule has 0 amide bonds. The minimum absolute atomic E-state index is 0.502. The molecule has 0 radical (unpaired) electrons. The standard InChI is InChI=1S/C18H21N5O/c1-14(2)13-24-17-10-6-7-15(11-17)12-19-18-20-21-22-23(18)16-8-4-3-5-9-16/h3-11,14H,12-13H2,1-2H3,(H,19,20,22). The number of hydrogen-bond acceptors (Lipinski definition) is 5. The highest BCUT2D eigenvalue weighted by atomic mass is 16.5. The maximum Gasteiger partial charge on any atom is 0.248 e. The molecule has 0 aliphatic carbocycles. The van der Waals surface area contributed by atoms with Crippen LogP contribution in [-0.4, -0.2) is 26.8 Å². The Bertz CT molecular complexity index is 770. The quantitative estimate of drug-likeness (QED) is 0.722. The number of para-hydroxylation sites is 1. The van der Waals surface area contributed by atoms with Gasteiger partial charge in [0.15, 0.2) is 0 Å². The van der Waals surface area contributed by atoms with Crippen molar-refractivity contribution in [2.75, 3.05) is 11.9 Å². The Morgan fingerprint density at radius 3 is 2.71 bits per heavy atom. The van der Waals surface area contributed by atoms with Crippen LogP contribution in [0, 0.1) is 5.92 Å². The molecule has 1 heterocycles. The van der Waals surface area contributed by atoms with Crippen molar-refractivity contribution in [3.63, 3.8) is 0 Å². The van der Waals surface area contributed by atoms with E-state index in [2.05, 4.69) is 34.7 Å². The Balaban J connectivity index is 1.67. The first-order valence-electron chi connectivity index (χ1n) is 8.02. The SMILES string of the molecule is CC(C)COc1cccc(CNc2nnnn2-c2ccccc2)c1. The molecule has 1 N–H and O–H groups in total. The summed E-state index contributed by atoms with van der Waals surface area (Å²) in [4.78, 5) is 0. The minimum atomic E-state index is 0.502. The normalized spacial score (nSPS) is 10.8. The van der Waals surface area contributed by atoms with Gasteiger partial charge >= 0.3 is 0 Å². The Labute approximate surface area is 141 Å². The van der Waals surface area contributed by atoms with Crippen LogP contribution in [0.3, 0.4) is 0 Å². The predicted molar refractivity (Wildman–Crippen MR) is 93.3 cm³/mol. The first-order chi connectivity index (χ1) is 11.7. The summed E-state index contributed by atoms with van der Waals surface area (Å²) < 4.78 is 7.44. The summed E-state index contributed by atoms with van der Waals surface area (Å²) in [5.41, 5.74) is 2.03. The van der Waals surface area contributed by atoms with Gasteiger partial charge in [0.05, 0.1) is 12.3 Å². The third-order valence-corrected chi connectivity index (χ3v) is 3.40. The van der Waals surface area contributed by atoms with E-state index in [0.717, 1.165) is 17.0 Å². The van der Waals surface area contributed by atoms with Gasteiger partial charge < -0.3 is 10.1 Å². The third-order valence-electron chi connectivity index (χ3n) is 3.40. The molecule has 1 aromatic heterocycles. The summed E-state index contributed by atoms with van der Waals surface area (Å²) in [6, 6.07) is 17.8. The number of hydrogen-bond donors (Lipinski definition) is 1. The van der Waals surface area contributed by atoms with Crippen LogP contribution in [0.4, 0.5) is 5.95 Å². The summed E-state index contributed by atoms with van der Waals surface area (Å²) in [5.74, 6) is 1.99. The van der Waals surface area contributed by atoms with Crippen LogP contribution in [0.1, 0.15) is 19.4 Å². The molecule has 0 atom stereocenters. The maximum absolute atomic E-state index is 5.76. The maximum atomic E-state index is 5.76. The van der Waals surface area contributed by atoms with Crippen molar-refractivity contribution >= 4 is 5.95 Å². The van der Waals surface area contributed by atoms with Crippen LogP contribution in [0.5, 0.6) is 5.75 Å². The summed E-state index contributed by atoms with van der Waals surface area (Å²) in [6.07, 6.45) is 0. The fourth-order valence-corrected chi connectivity index (χ4v) is 2.23. The van der Waals surface area contributed by atoms with E-state index in [0.29, 0.717) is 25.0 Å². The zero-order chi connectivity index (χ0) is 16.8. The van der Waals surface area contributed by atoms with E-state index in [1.807, 2.05) is 54.6 Å². The van der Waals surface area contributed by atoms with E-state index >= 15 is 0 Å². The average Bonchev–Trinajstić information content (AvgIpc) is 3.08. The lowest BCUT2D eigenvalue weighted by Gasteiger charge is -2.11. The van der Waals surface area contributed by atoms with Gasteiger partial charge in [-0.25, -0.2) is 0 Å². The van der Waals surface area contributed by atoms with Crippen molar-refractivity contribution < 1.29 is 4.74 Å². The highest BCUT2D eigenvalue weighted by molar-refractivity contribution is 5.39. The van der Waals surface area contributed by atoms with Crippen molar-refractivity contribution in [3.05, 3.63) is 60.2 Å². The van der Waals surface area contributed by atoms with Gasteiger partial charge in [-0.2, -0.15) is 4.68 Å². The molecule has 3 aromatic rings. The Kier molecular flexibility index (Phi) is 5.05. The minimum Gasteiger partial charge on any atom is -0.493 e. The number of aromatic nitrogens is 4. The van der Waals surface area contributed by atoms with Crippen LogP contribution >= 0.6 is 0 Å². The predicted octanol–water partition coefficient (Wildman–Crippen LogP) is 3.31. The second-order valence-corrected chi connectivity index (χ2v) is 5.96. The van der Waals surface area contributed by atoms with Gasteiger partial charge in [0.1, 0.15) is 5.75 Å². The third kappa shape index (κ3) is 4.10. The molecule has 0 spiro atoms. The lowest BCUT2D eigenvalue weighted by Crippen LogP contribution is -2.08. The summed E-state index contributed by atoms with van der Waals surface area (Å²) in [5, 5.41) is 15.1. The molecule has 124 valence electrons. The first-order valence-corrected chi connectivity index (χ1v) is 8.02. The summed E-state index contributed by atoms with van der Waals surface area (Å²) in [6.45, 7) is 5.60. The molecule has 3 rings (SSSR count). The van der Waals surface area contributed by atoms with E-state index in [-0.39, 0.29) is 0 Å². The van der Waals surface area contributed by atoms with Crippen LogP contribution in [0.25, 0.3) is 5.69 Å². The molecule has 0 saturated carbocycles. The van der Waals surface area contributed by atoms with Crippen molar-refractivity contribution in [1.82, 2.24) is 20.2 Å². The average molecular weight is 323 g/mol. The van der Waals surface area contributed by atoms with Gasteiger partial charge in [0.25, 0.3) is 0 Å². The van der Waals surface area contributed by atoms with Gasteiger partial charge in [-0.15, -0.1) is 0 Å². The Morgan fingerprint density at radius 1 is 1.08 bits per heavy atom. The highest BCUT2D eigenvalue weighted by Crippen LogP contribution is 2.16. The van der Waals surface area contributed by atoms with E-state index in [1.165, 1.54) is 0 Å². The molecule has 0 saturated heterocycles. The van der Waals surface area contributed by atoms with Crippen molar-refractivity contribution in [2.24, 2.45) is 5.92 Å². The van der Waals surface area contributed by atoms with Gasteiger partial charge in [-0.1, -0.05) is 49.3 Å². The summed E-state index contributed by atoms with van der Waals surface area (Å²) >= 11 is 0. The lowest BCUT2D eigenvalue weighted by atomic mass is 10.2. The molecule has 0 aliphatic heterocycles. The topological polar surface area (TPSA) is 64.9 Å². The molecular weight excluding hydrogens is 302 g/mol. The van der Waals surface area contributed by atoms with Crippen molar-refractivity contribution in [2.45, 2.75) is 20.4 Å². The van der Waals surface area contributed by atoms with E-state index in [9.17, 15) is 0 Å². The van der Waals surface area contributed by atoms with E-state index in [4.69, 9.17) is 4.74 Å². The number of anilines is 1. The second-order valence-electron chi connectivity index (χ2n) is 5.96. The molecular formula is C18H21N5O. The number of benzene rings is 2. The summed E-state index contributed by atoms with van der Waals surface area (Å²) in [7, 11) is 0. The smallest absolute Gasteiger partial charge is 0.248 e. The zero-order valence-electron chi connectivity index (χ0n) is 13.9. The Morgan fingerprint density at radius 2 is 1.92 bits per heavy atom. The van der Waals surface area contributed by atoms with Crippen LogP contribution in [-0.2, 0) is 6.54 Å². The van der Waals surface area contributed by atoms with Crippen LogP contribution < -0.4 is 10.1 Å². The number of tetrazole rings is 1. The molecule has 2 aromatic carbocycles. The fraction of sp³-hybridized carbons (Fsp3) is 0.278. The van der Waals surface area contributed by atoms with Gasteiger partial charge in [-0.3, -0.25) is 0 Å². The number of nitrogens with zero attached hydrogens (tertiary/aromatic N) is 4. The molecule has 6 nitrogen and oxygen atoms in total.